The smallest absolute Gasteiger partial charge is 0.361 e. The molecule has 0 spiro atoms. The van der Waals surface area contributed by atoms with Crippen molar-refractivity contribution in [3.63, 3.8) is 0 Å². The first-order valence-corrected chi connectivity index (χ1v) is 13.6. The van der Waals surface area contributed by atoms with E-state index in [1.807, 2.05) is 54.6 Å². The first-order chi connectivity index (χ1) is 17.8. The number of rotatable bonds is 11. The van der Waals surface area contributed by atoms with Crippen molar-refractivity contribution in [2.24, 2.45) is 10.7 Å². The number of nitrogens with one attached hydrogen (secondary N) is 1. The number of carbonyl (C=O) groups is 1. The highest BCUT2D eigenvalue weighted by Crippen LogP contribution is 2.47. The van der Waals surface area contributed by atoms with Crippen LogP contribution < -0.4 is 11.0 Å². The number of fused-ring (bicyclic) bond motifs is 1. The molecule has 1 aromatic heterocycles. The van der Waals surface area contributed by atoms with Gasteiger partial charge in [0.2, 0.25) is 5.91 Å². The molecule has 0 aliphatic heterocycles. The van der Waals surface area contributed by atoms with Gasteiger partial charge in [0, 0.05) is 22.9 Å². The van der Waals surface area contributed by atoms with E-state index in [0.717, 1.165) is 11.1 Å². The predicted octanol–water partition coefficient (Wildman–Crippen LogP) is 5.35. The van der Waals surface area contributed by atoms with E-state index in [0.29, 0.717) is 39.6 Å². The Morgan fingerprint density at radius 1 is 1.00 bits per heavy atom. The average Bonchev–Trinajstić information content (AvgIpc) is 3.22. The van der Waals surface area contributed by atoms with Gasteiger partial charge in [0.1, 0.15) is 0 Å². The maximum Gasteiger partial charge on any atom is 0.361 e. The average molecular weight is 520 g/mol. The number of H-pyrrole nitrogens is 1. The van der Waals surface area contributed by atoms with Crippen LogP contribution in [0.15, 0.2) is 77.8 Å². The Bertz CT molecular complexity index is 1450. The summed E-state index contributed by atoms with van der Waals surface area (Å²) in [4.78, 5) is 19.0. The molecule has 0 saturated heterocycles. The molecule has 4 aromatic rings. The Balaban J connectivity index is 1.85. The van der Waals surface area contributed by atoms with Gasteiger partial charge in [0.15, 0.2) is 5.88 Å². The van der Waals surface area contributed by atoms with Gasteiger partial charge in [-0.1, -0.05) is 42.5 Å². The van der Waals surface area contributed by atoms with Crippen molar-refractivity contribution in [3.8, 4) is 5.88 Å². The van der Waals surface area contributed by atoms with E-state index in [1.54, 1.807) is 32.0 Å². The molecule has 9 heteroatoms. The van der Waals surface area contributed by atoms with E-state index < -0.39 is 7.60 Å². The second-order valence-electron chi connectivity index (χ2n) is 8.37. The van der Waals surface area contributed by atoms with E-state index in [1.165, 1.54) is 0 Å². The maximum absolute atomic E-state index is 13.5. The minimum absolute atomic E-state index is 0.0597. The van der Waals surface area contributed by atoms with Crippen LogP contribution in [0.25, 0.3) is 10.9 Å². The molecule has 0 aliphatic rings. The third-order valence-electron chi connectivity index (χ3n) is 5.80. The molecule has 0 bridgehead atoms. The first kappa shape index (κ1) is 26.4. The fourth-order valence-corrected chi connectivity index (χ4v) is 5.69. The highest BCUT2D eigenvalue weighted by atomic mass is 31.2. The van der Waals surface area contributed by atoms with E-state index in [9.17, 15) is 14.5 Å². The Kier molecular flexibility index (Phi) is 8.24. The normalized spacial score (nSPS) is 12.2. The van der Waals surface area contributed by atoms with Crippen LogP contribution in [-0.2, 0) is 24.8 Å². The van der Waals surface area contributed by atoms with Crippen LogP contribution in [0.5, 0.6) is 5.88 Å². The summed E-state index contributed by atoms with van der Waals surface area (Å²) in [7, 11) is -3.54. The van der Waals surface area contributed by atoms with Crippen molar-refractivity contribution in [1.29, 1.82) is 0 Å². The Labute approximate surface area is 215 Å². The van der Waals surface area contributed by atoms with Crippen LogP contribution in [0.2, 0.25) is 0 Å². The molecule has 0 unspecified atom stereocenters. The number of aromatic nitrogens is 1. The second-order valence-corrected chi connectivity index (χ2v) is 10.4. The Hall–Kier alpha value is -3.71. The molecule has 37 heavy (non-hydrogen) atoms. The van der Waals surface area contributed by atoms with E-state index >= 15 is 0 Å². The molecule has 0 fully saturated rings. The number of hydrogen-bond acceptors (Lipinski definition) is 6. The molecule has 1 heterocycles. The zero-order chi connectivity index (χ0) is 26.4. The molecule has 4 rings (SSSR count). The summed E-state index contributed by atoms with van der Waals surface area (Å²) in [5, 5.41) is 12.0. The molecule has 0 atom stereocenters. The van der Waals surface area contributed by atoms with Crippen LogP contribution in [0.1, 0.15) is 37.0 Å². The van der Waals surface area contributed by atoms with E-state index in [2.05, 4.69) is 4.98 Å². The Morgan fingerprint density at radius 3 is 2.30 bits per heavy atom. The van der Waals surface area contributed by atoms with Crippen molar-refractivity contribution in [1.82, 2.24) is 4.98 Å². The zero-order valence-electron chi connectivity index (χ0n) is 20.8. The lowest BCUT2D eigenvalue weighted by atomic mass is 10.0. The summed E-state index contributed by atoms with van der Waals surface area (Å²) in [5.41, 5.74) is 9.36. The lowest BCUT2D eigenvalue weighted by Crippen LogP contribution is -2.11. The van der Waals surface area contributed by atoms with Crippen molar-refractivity contribution < 1.29 is 23.5 Å². The summed E-state index contributed by atoms with van der Waals surface area (Å²) in [6.45, 7) is 3.98. The number of aryl methyl sites for hydroxylation is 1. The highest BCUT2D eigenvalue weighted by Gasteiger charge is 2.28. The summed E-state index contributed by atoms with van der Waals surface area (Å²) in [6.07, 6.45) is 0.827. The fraction of sp³-hybridized carbons (Fsp3) is 0.214. The number of nitrogens with two attached hydrogens (primary N) is 1. The quantitative estimate of drug-likeness (QED) is 0.182. The molecular formula is C28H30N3O5P. The van der Waals surface area contributed by atoms with Gasteiger partial charge >= 0.3 is 7.60 Å². The van der Waals surface area contributed by atoms with Crippen LogP contribution in [0.3, 0.4) is 0 Å². The molecule has 8 nitrogen and oxygen atoms in total. The van der Waals surface area contributed by atoms with Gasteiger partial charge in [-0.25, -0.2) is 4.99 Å². The number of aromatic amines is 1. The molecule has 0 radical (unpaired) electrons. The number of nitrogens with zero attached hydrogens (tertiary/aromatic N) is 1. The van der Waals surface area contributed by atoms with Gasteiger partial charge in [-0.15, -0.1) is 0 Å². The molecule has 0 saturated carbocycles. The van der Waals surface area contributed by atoms with Gasteiger partial charge in [-0.05, 0) is 56.2 Å². The molecule has 3 aromatic carbocycles. The molecule has 1 amide bonds. The summed E-state index contributed by atoms with van der Waals surface area (Å²) in [6, 6.07) is 22.2. The van der Waals surface area contributed by atoms with Crippen molar-refractivity contribution >= 4 is 41.1 Å². The number of aliphatic imine (C=N–C) groups is 1. The number of carbonyl (C=O) groups excluding carboxylic acids is 1. The van der Waals surface area contributed by atoms with Crippen molar-refractivity contribution in [2.45, 2.75) is 26.7 Å². The minimum atomic E-state index is -3.54. The lowest BCUT2D eigenvalue weighted by molar-refractivity contribution is -0.117. The van der Waals surface area contributed by atoms with Crippen molar-refractivity contribution in [3.05, 3.63) is 89.5 Å². The number of primary amides is 1. The third kappa shape index (κ3) is 6.00. The largest absolute Gasteiger partial charge is 0.494 e. The van der Waals surface area contributed by atoms with Gasteiger partial charge in [-0.2, -0.15) is 0 Å². The summed E-state index contributed by atoms with van der Waals surface area (Å²) >= 11 is 0. The van der Waals surface area contributed by atoms with Crippen LogP contribution in [-0.4, -0.2) is 34.9 Å². The number of aromatic hydroxyl groups is 1. The SMILES string of the molecule is CCOP(=O)(OCC)c1ccc2[nH]c(O)c(C(=Nc3ccc(CCC(N)=O)cc3)c3ccccc3)c2c1. The number of hydrogen-bond donors (Lipinski definition) is 3. The third-order valence-corrected chi connectivity index (χ3v) is 7.90. The first-order valence-electron chi connectivity index (χ1n) is 12.1. The van der Waals surface area contributed by atoms with Gasteiger partial charge in [0.25, 0.3) is 0 Å². The summed E-state index contributed by atoms with van der Waals surface area (Å²) in [5.74, 6) is -0.406. The molecule has 0 aliphatic carbocycles. The van der Waals surface area contributed by atoms with E-state index in [4.69, 9.17) is 19.8 Å². The minimum Gasteiger partial charge on any atom is -0.494 e. The zero-order valence-corrected chi connectivity index (χ0v) is 21.7. The lowest BCUT2D eigenvalue weighted by Gasteiger charge is -2.17. The molecule has 4 N–H and O–H groups in total. The van der Waals surface area contributed by atoms with Crippen LogP contribution in [0, 0.1) is 0 Å². The predicted molar refractivity (Wildman–Crippen MR) is 146 cm³/mol. The maximum atomic E-state index is 13.5. The van der Waals surface area contributed by atoms with Crippen LogP contribution in [0.4, 0.5) is 5.69 Å². The fourth-order valence-electron chi connectivity index (χ4n) is 4.10. The van der Waals surface area contributed by atoms with E-state index in [-0.39, 0.29) is 31.4 Å². The topological polar surface area (TPSA) is 127 Å². The molecular weight excluding hydrogens is 489 g/mol. The number of benzene rings is 3. The summed E-state index contributed by atoms with van der Waals surface area (Å²) < 4.78 is 24.5. The second kappa shape index (κ2) is 11.6. The Morgan fingerprint density at radius 2 is 1.68 bits per heavy atom. The van der Waals surface area contributed by atoms with Gasteiger partial charge < -0.3 is 24.9 Å². The highest BCUT2D eigenvalue weighted by molar-refractivity contribution is 7.62. The van der Waals surface area contributed by atoms with Gasteiger partial charge in [0.05, 0.1) is 35.5 Å². The monoisotopic (exact) mass is 519 g/mol. The number of amides is 1. The van der Waals surface area contributed by atoms with Crippen LogP contribution >= 0.6 is 7.60 Å². The van der Waals surface area contributed by atoms with Crippen molar-refractivity contribution in [2.75, 3.05) is 13.2 Å². The van der Waals surface area contributed by atoms with Gasteiger partial charge in [-0.3, -0.25) is 9.36 Å². The standard InChI is InChI=1S/C28H30N3O5P/c1-3-35-37(34,36-4-2)22-15-16-24-23(18-22)26(28(33)31-24)27(20-8-6-5-7-9-20)30-21-13-10-19(11-14-21)12-17-25(29)32/h5-11,13-16,18,31,33H,3-4,12,17H2,1-2H3,(H2,29,32). The molecule has 192 valence electrons.